The number of carboxylic acid groups (broad SMARTS) is 1. The van der Waals surface area contributed by atoms with E-state index in [1.54, 1.807) is 31.2 Å². The number of benzene rings is 2. The van der Waals surface area contributed by atoms with Gasteiger partial charge in [0, 0.05) is 20.7 Å². The lowest BCUT2D eigenvalue weighted by molar-refractivity contribution is 0.0696. The van der Waals surface area contributed by atoms with Crippen LogP contribution in [0.25, 0.3) is 0 Å². The predicted octanol–water partition coefficient (Wildman–Crippen LogP) is 4.36. The molecule has 21 heavy (non-hydrogen) atoms. The molecule has 0 unspecified atom stereocenters. The molecule has 0 atom stereocenters. The summed E-state index contributed by atoms with van der Waals surface area (Å²) in [6, 6.07) is 9.54. The molecule has 2 aromatic carbocycles. The van der Waals surface area contributed by atoms with Gasteiger partial charge in [0.2, 0.25) is 0 Å². The molecule has 1 amide bonds. The second kappa shape index (κ2) is 6.28. The third kappa shape index (κ3) is 3.62. The van der Waals surface area contributed by atoms with E-state index in [1.807, 2.05) is 0 Å². The first kappa shape index (κ1) is 15.5. The Kier molecular flexibility index (Phi) is 4.65. The summed E-state index contributed by atoms with van der Waals surface area (Å²) in [6.45, 7) is 1.75. The van der Waals surface area contributed by atoms with Crippen LogP contribution in [0.5, 0.6) is 0 Å². The fraction of sp³-hybridized carbons (Fsp3) is 0.0667. The third-order valence-corrected chi connectivity index (χ3v) is 3.78. The van der Waals surface area contributed by atoms with Crippen molar-refractivity contribution in [2.45, 2.75) is 6.92 Å². The van der Waals surface area contributed by atoms with Crippen LogP contribution in [0.15, 0.2) is 40.9 Å². The highest BCUT2D eigenvalue weighted by molar-refractivity contribution is 9.10. The van der Waals surface area contributed by atoms with Crippen molar-refractivity contribution in [1.29, 1.82) is 0 Å². The van der Waals surface area contributed by atoms with Gasteiger partial charge >= 0.3 is 5.97 Å². The fourth-order valence-corrected chi connectivity index (χ4v) is 2.50. The van der Waals surface area contributed by atoms with E-state index in [0.29, 0.717) is 26.3 Å². The lowest BCUT2D eigenvalue weighted by Gasteiger charge is -2.10. The molecule has 2 aromatic rings. The fourth-order valence-electron chi connectivity index (χ4n) is 1.84. The van der Waals surface area contributed by atoms with Crippen LogP contribution < -0.4 is 5.32 Å². The van der Waals surface area contributed by atoms with Gasteiger partial charge in [0.05, 0.1) is 5.56 Å². The molecule has 0 saturated carbocycles. The van der Waals surface area contributed by atoms with Gasteiger partial charge < -0.3 is 10.4 Å². The molecule has 0 fully saturated rings. The first-order valence-corrected chi connectivity index (χ1v) is 7.16. The number of hydrogen-bond donors (Lipinski definition) is 2. The highest BCUT2D eigenvalue weighted by Gasteiger charge is 2.13. The number of carboxylic acids is 1. The van der Waals surface area contributed by atoms with Gasteiger partial charge in [-0.15, -0.1) is 0 Å². The maximum Gasteiger partial charge on any atom is 0.335 e. The molecule has 0 heterocycles. The molecule has 0 spiro atoms. The van der Waals surface area contributed by atoms with Crippen LogP contribution in [-0.2, 0) is 0 Å². The molecule has 0 aliphatic carbocycles. The Hall–Kier alpha value is -1.85. The van der Waals surface area contributed by atoms with Gasteiger partial charge in [0.15, 0.2) is 0 Å². The smallest absolute Gasteiger partial charge is 0.335 e. The molecule has 0 radical (unpaired) electrons. The highest BCUT2D eigenvalue weighted by atomic mass is 79.9. The van der Waals surface area contributed by atoms with Crippen molar-refractivity contribution in [2.24, 2.45) is 0 Å². The Morgan fingerprint density at radius 3 is 2.62 bits per heavy atom. The van der Waals surface area contributed by atoms with Crippen LogP contribution in [0.3, 0.4) is 0 Å². The Morgan fingerprint density at radius 2 is 1.95 bits per heavy atom. The predicted molar refractivity (Wildman–Crippen MR) is 85.2 cm³/mol. The summed E-state index contributed by atoms with van der Waals surface area (Å²) in [4.78, 5) is 23.3. The number of hydrogen-bond acceptors (Lipinski definition) is 2. The summed E-state index contributed by atoms with van der Waals surface area (Å²) >= 11 is 9.21. The number of halogens is 2. The number of rotatable bonds is 3. The first-order chi connectivity index (χ1) is 9.88. The number of aromatic carboxylic acids is 1. The van der Waals surface area contributed by atoms with Crippen molar-refractivity contribution in [3.8, 4) is 0 Å². The topological polar surface area (TPSA) is 66.4 Å². The monoisotopic (exact) mass is 367 g/mol. The van der Waals surface area contributed by atoms with Crippen molar-refractivity contribution in [2.75, 3.05) is 5.32 Å². The van der Waals surface area contributed by atoms with Gasteiger partial charge in [-0.3, -0.25) is 4.79 Å². The molecule has 0 aliphatic heterocycles. The van der Waals surface area contributed by atoms with Crippen LogP contribution >= 0.6 is 27.5 Å². The molecule has 2 N–H and O–H groups in total. The summed E-state index contributed by atoms with van der Waals surface area (Å²) in [5, 5.41) is 12.2. The maximum atomic E-state index is 12.2. The number of carbonyl (C=O) groups is 2. The summed E-state index contributed by atoms with van der Waals surface area (Å²) in [5.41, 5.74) is 1.60. The van der Waals surface area contributed by atoms with E-state index in [-0.39, 0.29) is 11.5 Å². The summed E-state index contributed by atoms with van der Waals surface area (Å²) in [7, 11) is 0. The van der Waals surface area contributed by atoms with E-state index in [0.717, 1.165) is 0 Å². The largest absolute Gasteiger partial charge is 0.478 e. The van der Waals surface area contributed by atoms with Crippen molar-refractivity contribution < 1.29 is 14.7 Å². The van der Waals surface area contributed by atoms with E-state index in [4.69, 9.17) is 16.7 Å². The zero-order chi connectivity index (χ0) is 15.6. The molecule has 2 rings (SSSR count). The SMILES string of the molecule is Cc1c(Cl)cccc1C(=O)Nc1cc(Br)cc(C(=O)O)c1. The van der Waals surface area contributed by atoms with Crippen LogP contribution in [0.1, 0.15) is 26.3 Å². The molecule has 4 nitrogen and oxygen atoms in total. The normalized spacial score (nSPS) is 10.2. The Balaban J connectivity index is 2.31. The van der Waals surface area contributed by atoms with Crippen molar-refractivity contribution in [1.82, 2.24) is 0 Å². The molecular weight excluding hydrogens is 358 g/mol. The van der Waals surface area contributed by atoms with Gasteiger partial charge in [0.1, 0.15) is 0 Å². The van der Waals surface area contributed by atoms with Crippen LogP contribution in [-0.4, -0.2) is 17.0 Å². The van der Waals surface area contributed by atoms with Crippen molar-refractivity contribution in [3.05, 3.63) is 62.6 Å². The number of amides is 1. The number of nitrogens with one attached hydrogen (secondary N) is 1. The second-order valence-corrected chi connectivity index (χ2v) is 5.72. The zero-order valence-electron chi connectivity index (χ0n) is 11.0. The van der Waals surface area contributed by atoms with Gasteiger partial charge in [-0.25, -0.2) is 4.79 Å². The molecule has 6 heteroatoms. The van der Waals surface area contributed by atoms with Crippen LogP contribution in [0, 0.1) is 6.92 Å². The van der Waals surface area contributed by atoms with E-state index < -0.39 is 5.97 Å². The summed E-state index contributed by atoms with van der Waals surface area (Å²) < 4.78 is 0.570. The maximum absolute atomic E-state index is 12.2. The third-order valence-electron chi connectivity index (χ3n) is 2.91. The number of anilines is 1. The van der Waals surface area contributed by atoms with Gasteiger partial charge in [-0.05, 0) is 42.8 Å². The number of carbonyl (C=O) groups excluding carboxylic acids is 1. The first-order valence-electron chi connectivity index (χ1n) is 5.99. The molecule has 108 valence electrons. The van der Waals surface area contributed by atoms with E-state index in [9.17, 15) is 9.59 Å². The lowest BCUT2D eigenvalue weighted by atomic mass is 10.1. The molecular formula is C15H11BrClNO3. The van der Waals surface area contributed by atoms with Gasteiger partial charge in [-0.2, -0.15) is 0 Å². The van der Waals surface area contributed by atoms with Crippen molar-refractivity contribution in [3.63, 3.8) is 0 Å². The van der Waals surface area contributed by atoms with E-state index in [2.05, 4.69) is 21.2 Å². The van der Waals surface area contributed by atoms with Crippen molar-refractivity contribution >= 4 is 45.1 Å². The molecule has 0 aliphatic rings. The van der Waals surface area contributed by atoms with Crippen LogP contribution in [0.4, 0.5) is 5.69 Å². The second-order valence-electron chi connectivity index (χ2n) is 4.40. The minimum atomic E-state index is -1.06. The minimum Gasteiger partial charge on any atom is -0.478 e. The average molecular weight is 369 g/mol. The Labute approximate surface area is 134 Å². The lowest BCUT2D eigenvalue weighted by Crippen LogP contribution is -2.14. The minimum absolute atomic E-state index is 0.0856. The molecule has 0 saturated heterocycles. The highest BCUT2D eigenvalue weighted by Crippen LogP contribution is 2.23. The summed E-state index contributed by atoms with van der Waals surface area (Å²) in [6.07, 6.45) is 0. The standard InChI is InChI=1S/C15H11BrClNO3/c1-8-12(3-2-4-13(8)17)14(19)18-11-6-9(15(20)21)5-10(16)7-11/h2-7H,1H3,(H,18,19)(H,20,21). The van der Waals surface area contributed by atoms with Crippen LogP contribution in [0.2, 0.25) is 5.02 Å². The van der Waals surface area contributed by atoms with E-state index >= 15 is 0 Å². The molecule has 0 bridgehead atoms. The summed E-state index contributed by atoms with van der Waals surface area (Å²) in [5.74, 6) is -1.41. The Bertz CT molecular complexity index is 731. The molecule has 0 aromatic heterocycles. The van der Waals surface area contributed by atoms with E-state index in [1.165, 1.54) is 12.1 Å². The zero-order valence-corrected chi connectivity index (χ0v) is 13.3. The van der Waals surface area contributed by atoms with Gasteiger partial charge in [0.25, 0.3) is 5.91 Å². The quantitative estimate of drug-likeness (QED) is 0.846. The van der Waals surface area contributed by atoms with Gasteiger partial charge in [-0.1, -0.05) is 33.6 Å². The average Bonchev–Trinajstić information content (AvgIpc) is 2.41. The Morgan fingerprint density at radius 1 is 1.24 bits per heavy atom.